The van der Waals surface area contributed by atoms with Gasteiger partial charge in [0.05, 0.1) is 4.90 Å². The molecule has 0 amide bonds. The van der Waals surface area contributed by atoms with Crippen LogP contribution in [0.4, 0.5) is 4.39 Å². The van der Waals surface area contributed by atoms with E-state index in [4.69, 9.17) is 4.42 Å². The summed E-state index contributed by atoms with van der Waals surface area (Å²) >= 11 is 0. The van der Waals surface area contributed by atoms with Crippen LogP contribution >= 0.6 is 0 Å². The molecule has 0 bridgehead atoms. The molecule has 6 nitrogen and oxygen atoms in total. The van der Waals surface area contributed by atoms with Gasteiger partial charge in [-0.15, -0.1) is 10.2 Å². The monoisotopic (exact) mass is 387 g/mol. The summed E-state index contributed by atoms with van der Waals surface area (Å²) in [4.78, 5) is 0.212. The van der Waals surface area contributed by atoms with Crippen molar-refractivity contribution in [3.8, 4) is 22.9 Å². The minimum Gasteiger partial charge on any atom is -0.416 e. The lowest BCUT2D eigenvalue weighted by molar-refractivity contribution is 0.346. The Kier molecular flexibility index (Phi) is 4.75. The molecule has 2 heterocycles. The highest BCUT2D eigenvalue weighted by Gasteiger charge is 2.26. The summed E-state index contributed by atoms with van der Waals surface area (Å²) in [6.45, 7) is 1.09. The number of hydrogen-bond donors (Lipinski definition) is 0. The Morgan fingerprint density at radius 3 is 2.26 bits per heavy atom. The van der Waals surface area contributed by atoms with Crippen molar-refractivity contribution < 1.29 is 17.2 Å². The SMILES string of the molecule is O=S(=O)(c1cccc(-c2nnc(-c3ccc(F)cc3)o2)c1)N1CCCCC1. The van der Waals surface area contributed by atoms with Crippen LogP contribution in [0.15, 0.2) is 57.8 Å². The average Bonchev–Trinajstić information content (AvgIpc) is 3.20. The van der Waals surface area contributed by atoms with Crippen LogP contribution in [0.25, 0.3) is 22.9 Å². The van der Waals surface area contributed by atoms with Gasteiger partial charge in [0.2, 0.25) is 21.8 Å². The molecule has 0 radical (unpaired) electrons. The van der Waals surface area contributed by atoms with Crippen LogP contribution in [-0.4, -0.2) is 36.0 Å². The highest BCUT2D eigenvalue weighted by molar-refractivity contribution is 7.89. The smallest absolute Gasteiger partial charge is 0.248 e. The average molecular weight is 387 g/mol. The molecule has 0 spiro atoms. The van der Waals surface area contributed by atoms with E-state index in [1.165, 1.54) is 16.4 Å². The molecule has 8 heteroatoms. The molecule has 1 aromatic heterocycles. The Labute approximate surface area is 156 Å². The fraction of sp³-hybridized carbons (Fsp3) is 0.263. The Morgan fingerprint density at radius 2 is 1.56 bits per heavy atom. The molecule has 4 rings (SSSR count). The second-order valence-electron chi connectivity index (χ2n) is 6.41. The quantitative estimate of drug-likeness (QED) is 0.682. The molecule has 1 aliphatic heterocycles. The third-order valence-electron chi connectivity index (χ3n) is 4.55. The molecular weight excluding hydrogens is 369 g/mol. The lowest BCUT2D eigenvalue weighted by atomic mass is 10.2. The molecule has 0 aliphatic carbocycles. The topological polar surface area (TPSA) is 76.3 Å². The molecule has 3 aromatic rings. The predicted octanol–water partition coefficient (Wildman–Crippen LogP) is 3.72. The van der Waals surface area contributed by atoms with Crippen molar-refractivity contribution in [2.75, 3.05) is 13.1 Å². The van der Waals surface area contributed by atoms with Gasteiger partial charge in [0.25, 0.3) is 0 Å². The zero-order valence-electron chi connectivity index (χ0n) is 14.5. The molecule has 0 N–H and O–H groups in total. The molecule has 0 atom stereocenters. The van der Waals surface area contributed by atoms with Crippen molar-refractivity contribution >= 4 is 10.0 Å². The Bertz CT molecular complexity index is 1040. The molecule has 140 valence electrons. The summed E-state index contributed by atoms with van der Waals surface area (Å²) in [6, 6.07) is 12.2. The lowest BCUT2D eigenvalue weighted by Crippen LogP contribution is -2.35. The van der Waals surface area contributed by atoms with Crippen LogP contribution in [0.5, 0.6) is 0 Å². The predicted molar refractivity (Wildman–Crippen MR) is 97.7 cm³/mol. The van der Waals surface area contributed by atoms with Crippen LogP contribution in [0.2, 0.25) is 0 Å². The van der Waals surface area contributed by atoms with E-state index in [9.17, 15) is 12.8 Å². The Morgan fingerprint density at radius 1 is 0.889 bits per heavy atom. The van der Waals surface area contributed by atoms with Crippen LogP contribution in [0.1, 0.15) is 19.3 Å². The molecular formula is C19H18FN3O3S. The van der Waals surface area contributed by atoms with Crippen LogP contribution in [-0.2, 0) is 10.0 Å². The minimum absolute atomic E-state index is 0.212. The second kappa shape index (κ2) is 7.21. The van der Waals surface area contributed by atoms with Gasteiger partial charge >= 0.3 is 0 Å². The van der Waals surface area contributed by atoms with Gasteiger partial charge < -0.3 is 4.42 Å². The number of sulfonamides is 1. The zero-order valence-corrected chi connectivity index (χ0v) is 15.3. The largest absolute Gasteiger partial charge is 0.416 e. The number of aromatic nitrogens is 2. The maximum absolute atomic E-state index is 13.1. The third-order valence-corrected chi connectivity index (χ3v) is 6.44. The number of halogens is 1. The number of benzene rings is 2. The first-order valence-corrected chi connectivity index (χ1v) is 10.2. The van der Waals surface area contributed by atoms with Crippen LogP contribution < -0.4 is 0 Å². The summed E-state index contributed by atoms with van der Waals surface area (Å²) < 4.78 is 45.9. The third kappa shape index (κ3) is 3.63. The molecule has 2 aromatic carbocycles. The number of piperidine rings is 1. The molecule has 27 heavy (non-hydrogen) atoms. The van der Waals surface area contributed by atoms with Crippen molar-refractivity contribution in [2.45, 2.75) is 24.2 Å². The van der Waals surface area contributed by atoms with Gasteiger partial charge in [0.1, 0.15) is 5.82 Å². The Hall–Kier alpha value is -2.58. The van der Waals surface area contributed by atoms with Gasteiger partial charge in [-0.05, 0) is 55.3 Å². The highest BCUT2D eigenvalue weighted by Crippen LogP contribution is 2.27. The van der Waals surface area contributed by atoms with Gasteiger partial charge in [-0.2, -0.15) is 4.31 Å². The number of hydrogen-bond acceptors (Lipinski definition) is 5. The Balaban J connectivity index is 1.64. The first-order chi connectivity index (χ1) is 13.0. The van der Waals surface area contributed by atoms with Crippen LogP contribution in [0, 0.1) is 5.82 Å². The molecule has 0 unspecified atom stereocenters. The van der Waals surface area contributed by atoms with E-state index in [-0.39, 0.29) is 22.5 Å². The first-order valence-electron chi connectivity index (χ1n) is 8.74. The molecule has 1 aliphatic rings. The van der Waals surface area contributed by atoms with Gasteiger partial charge in [-0.3, -0.25) is 0 Å². The molecule has 1 fully saturated rings. The number of rotatable bonds is 4. The number of nitrogens with zero attached hydrogens (tertiary/aromatic N) is 3. The summed E-state index contributed by atoms with van der Waals surface area (Å²) in [6.07, 6.45) is 2.81. The van der Waals surface area contributed by atoms with E-state index < -0.39 is 10.0 Å². The van der Waals surface area contributed by atoms with E-state index in [1.54, 1.807) is 36.4 Å². The summed E-state index contributed by atoms with van der Waals surface area (Å²) in [5.74, 6) is 0.105. The fourth-order valence-electron chi connectivity index (χ4n) is 3.09. The van der Waals surface area contributed by atoms with Crippen molar-refractivity contribution in [3.63, 3.8) is 0 Å². The van der Waals surface area contributed by atoms with E-state index >= 15 is 0 Å². The minimum atomic E-state index is -3.54. The summed E-state index contributed by atoms with van der Waals surface area (Å²) in [5, 5.41) is 7.98. The van der Waals surface area contributed by atoms with Gasteiger partial charge in [-0.1, -0.05) is 12.5 Å². The van der Waals surface area contributed by atoms with Gasteiger partial charge in [-0.25, -0.2) is 12.8 Å². The molecule has 1 saturated heterocycles. The van der Waals surface area contributed by atoms with Gasteiger partial charge in [0, 0.05) is 24.2 Å². The van der Waals surface area contributed by atoms with Gasteiger partial charge in [0.15, 0.2) is 0 Å². The second-order valence-corrected chi connectivity index (χ2v) is 8.35. The normalized spacial score (nSPS) is 15.7. The van der Waals surface area contributed by atoms with Crippen molar-refractivity contribution in [1.82, 2.24) is 14.5 Å². The van der Waals surface area contributed by atoms with Crippen molar-refractivity contribution in [1.29, 1.82) is 0 Å². The van der Waals surface area contributed by atoms with E-state index in [2.05, 4.69) is 10.2 Å². The summed E-state index contributed by atoms with van der Waals surface area (Å²) in [7, 11) is -3.54. The van der Waals surface area contributed by atoms with E-state index in [0.29, 0.717) is 24.2 Å². The van der Waals surface area contributed by atoms with Crippen LogP contribution in [0.3, 0.4) is 0 Å². The highest BCUT2D eigenvalue weighted by atomic mass is 32.2. The molecule has 0 saturated carbocycles. The maximum Gasteiger partial charge on any atom is 0.248 e. The lowest BCUT2D eigenvalue weighted by Gasteiger charge is -2.25. The summed E-state index contributed by atoms with van der Waals surface area (Å²) in [5.41, 5.74) is 1.11. The van der Waals surface area contributed by atoms with Crippen molar-refractivity contribution in [2.24, 2.45) is 0 Å². The maximum atomic E-state index is 13.1. The standard InChI is InChI=1S/C19H18FN3O3S/c20-16-9-7-14(8-10-16)18-21-22-19(26-18)15-5-4-6-17(13-15)27(24,25)23-11-2-1-3-12-23/h4-10,13H,1-3,11-12H2. The van der Waals surface area contributed by atoms with E-state index in [1.807, 2.05) is 0 Å². The first kappa shape index (κ1) is 17.8. The zero-order chi connectivity index (χ0) is 18.9. The van der Waals surface area contributed by atoms with E-state index in [0.717, 1.165) is 19.3 Å². The fourth-order valence-corrected chi connectivity index (χ4v) is 4.66. The van der Waals surface area contributed by atoms with Crippen molar-refractivity contribution in [3.05, 3.63) is 54.3 Å².